The second-order valence-electron chi connectivity index (χ2n) is 6.97. The summed E-state index contributed by atoms with van der Waals surface area (Å²) < 4.78 is 0. The maximum absolute atomic E-state index is 12.7. The Hall–Kier alpha value is -3.55. The maximum Gasteiger partial charge on any atom is 0.274 e. The van der Waals surface area contributed by atoms with E-state index in [4.69, 9.17) is 0 Å². The van der Waals surface area contributed by atoms with E-state index >= 15 is 0 Å². The summed E-state index contributed by atoms with van der Waals surface area (Å²) in [5.74, 6) is 1.24. The van der Waals surface area contributed by atoms with Crippen LogP contribution in [0.4, 0.5) is 11.8 Å². The van der Waals surface area contributed by atoms with Crippen molar-refractivity contribution in [2.24, 2.45) is 0 Å². The smallest absolute Gasteiger partial charge is 0.274 e. The molecule has 2 aromatic heterocycles. The fourth-order valence-electron chi connectivity index (χ4n) is 3.28. The van der Waals surface area contributed by atoms with Crippen molar-refractivity contribution in [3.8, 4) is 0 Å². The molecule has 8 nitrogen and oxygen atoms in total. The predicted octanol–water partition coefficient (Wildman–Crippen LogP) is 2.15. The van der Waals surface area contributed by atoms with Gasteiger partial charge in [0.1, 0.15) is 5.82 Å². The van der Waals surface area contributed by atoms with Gasteiger partial charge in [0.15, 0.2) is 5.69 Å². The third kappa shape index (κ3) is 4.66. The molecule has 3 heterocycles. The molecule has 8 heteroatoms. The van der Waals surface area contributed by atoms with Gasteiger partial charge >= 0.3 is 0 Å². The molecule has 148 valence electrons. The molecule has 0 radical (unpaired) electrons. The fourth-order valence-corrected chi connectivity index (χ4v) is 3.28. The Morgan fingerprint density at radius 3 is 2.48 bits per heavy atom. The highest BCUT2D eigenvalue weighted by Crippen LogP contribution is 2.13. The molecule has 0 atom stereocenters. The van der Waals surface area contributed by atoms with Crippen molar-refractivity contribution < 1.29 is 4.79 Å². The minimum atomic E-state index is -0.101. The summed E-state index contributed by atoms with van der Waals surface area (Å²) in [6, 6.07) is 13.6. The highest BCUT2D eigenvalue weighted by atomic mass is 16.2. The van der Waals surface area contributed by atoms with Gasteiger partial charge in [-0.05, 0) is 30.7 Å². The van der Waals surface area contributed by atoms with E-state index in [1.807, 2.05) is 6.07 Å². The molecule has 1 amide bonds. The number of hydrogen-bond acceptors (Lipinski definition) is 7. The standard InChI is InChI=1S/C21H23N7O/c1-16-4-2-5-17(14-16)15-24-19-7-6-18(25-26-19)20(29)27-10-12-28(13-11-27)21-22-8-3-9-23-21/h2-9,14H,10-13,15H2,1H3,(H,24,26). The number of carbonyl (C=O) groups is 1. The lowest BCUT2D eigenvalue weighted by Crippen LogP contribution is -2.49. The van der Waals surface area contributed by atoms with Gasteiger partial charge in [-0.25, -0.2) is 9.97 Å². The minimum Gasteiger partial charge on any atom is -0.365 e. The Bertz CT molecular complexity index is 954. The van der Waals surface area contributed by atoms with Crippen molar-refractivity contribution in [2.75, 3.05) is 36.4 Å². The normalized spacial score (nSPS) is 14.0. The summed E-state index contributed by atoms with van der Waals surface area (Å²) in [4.78, 5) is 25.1. The van der Waals surface area contributed by atoms with Crippen LogP contribution in [-0.2, 0) is 6.54 Å². The molecule has 1 aliphatic rings. The number of aromatic nitrogens is 4. The van der Waals surface area contributed by atoms with Crippen LogP contribution in [0.1, 0.15) is 21.6 Å². The zero-order valence-corrected chi connectivity index (χ0v) is 16.3. The number of nitrogens with zero attached hydrogens (tertiary/aromatic N) is 6. The van der Waals surface area contributed by atoms with Gasteiger partial charge in [0, 0.05) is 45.1 Å². The van der Waals surface area contributed by atoms with Crippen LogP contribution in [0, 0.1) is 6.92 Å². The molecule has 1 aromatic carbocycles. The van der Waals surface area contributed by atoms with Crippen molar-refractivity contribution in [2.45, 2.75) is 13.5 Å². The van der Waals surface area contributed by atoms with Gasteiger partial charge in [0.25, 0.3) is 5.91 Å². The van der Waals surface area contributed by atoms with E-state index in [9.17, 15) is 4.79 Å². The van der Waals surface area contributed by atoms with Crippen LogP contribution >= 0.6 is 0 Å². The van der Waals surface area contributed by atoms with Crippen LogP contribution in [0.25, 0.3) is 0 Å². The third-order valence-corrected chi connectivity index (χ3v) is 4.84. The molecule has 0 spiro atoms. The van der Waals surface area contributed by atoms with Gasteiger partial charge in [-0.2, -0.15) is 0 Å². The lowest BCUT2D eigenvalue weighted by atomic mass is 10.1. The molecule has 0 unspecified atom stereocenters. The van der Waals surface area contributed by atoms with E-state index in [-0.39, 0.29) is 5.91 Å². The zero-order chi connectivity index (χ0) is 20.1. The number of carbonyl (C=O) groups excluding carboxylic acids is 1. The van der Waals surface area contributed by atoms with E-state index < -0.39 is 0 Å². The minimum absolute atomic E-state index is 0.101. The van der Waals surface area contributed by atoms with Gasteiger partial charge in [-0.15, -0.1) is 10.2 Å². The number of rotatable bonds is 5. The number of hydrogen-bond donors (Lipinski definition) is 1. The van der Waals surface area contributed by atoms with Crippen LogP contribution < -0.4 is 10.2 Å². The monoisotopic (exact) mass is 389 g/mol. The summed E-state index contributed by atoms with van der Waals surface area (Å²) in [5, 5.41) is 11.5. The quantitative estimate of drug-likeness (QED) is 0.715. The van der Waals surface area contributed by atoms with E-state index in [0.717, 1.165) is 0 Å². The van der Waals surface area contributed by atoms with Gasteiger partial charge in [-0.1, -0.05) is 29.8 Å². The van der Waals surface area contributed by atoms with Crippen molar-refractivity contribution in [1.82, 2.24) is 25.1 Å². The molecular formula is C21H23N7O. The van der Waals surface area contributed by atoms with Gasteiger partial charge in [-0.3, -0.25) is 4.79 Å². The Morgan fingerprint density at radius 2 is 1.79 bits per heavy atom. The van der Waals surface area contributed by atoms with Crippen LogP contribution in [0.2, 0.25) is 0 Å². The number of benzene rings is 1. The zero-order valence-electron chi connectivity index (χ0n) is 16.3. The number of amides is 1. The molecule has 1 aliphatic heterocycles. The molecule has 4 rings (SSSR count). The SMILES string of the molecule is Cc1cccc(CNc2ccc(C(=O)N3CCN(c4ncccn4)CC3)nn2)c1. The summed E-state index contributed by atoms with van der Waals surface area (Å²) in [6.45, 7) is 5.32. The summed E-state index contributed by atoms with van der Waals surface area (Å²) in [5.41, 5.74) is 2.75. The Labute approximate surface area is 169 Å². The topological polar surface area (TPSA) is 87.1 Å². The lowest BCUT2D eigenvalue weighted by molar-refractivity contribution is 0.0739. The first-order valence-corrected chi connectivity index (χ1v) is 9.63. The second kappa shape index (κ2) is 8.64. The van der Waals surface area contributed by atoms with Crippen LogP contribution in [0.3, 0.4) is 0 Å². The van der Waals surface area contributed by atoms with Crippen molar-refractivity contribution in [3.05, 3.63) is 71.7 Å². The average molecular weight is 389 g/mol. The Kier molecular flexibility index (Phi) is 5.60. The first-order chi connectivity index (χ1) is 14.2. The molecule has 29 heavy (non-hydrogen) atoms. The highest BCUT2D eigenvalue weighted by Gasteiger charge is 2.24. The van der Waals surface area contributed by atoms with Gasteiger partial charge in [0.2, 0.25) is 5.95 Å². The Balaban J connectivity index is 1.31. The van der Waals surface area contributed by atoms with Crippen LogP contribution in [0.5, 0.6) is 0 Å². The van der Waals surface area contributed by atoms with Gasteiger partial charge in [0.05, 0.1) is 0 Å². The molecule has 3 aromatic rings. The summed E-state index contributed by atoms with van der Waals surface area (Å²) in [7, 11) is 0. The van der Waals surface area contributed by atoms with E-state index in [1.54, 1.807) is 35.5 Å². The van der Waals surface area contributed by atoms with E-state index in [2.05, 4.69) is 55.5 Å². The first kappa shape index (κ1) is 18.8. The summed E-state index contributed by atoms with van der Waals surface area (Å²) in [6.07, 6.45) is 3.45. The molecule has 0 aliphatic carbocycles. The van der Waals surface area contributed by atoms with Gasteiger partial charge < -0.3 is 15.1 Å². The summed E-state index contributed by atoms with van der Waals surface area (Å²) >= 11 is 0. The number of piperazine rings is 1. The molecular weight excluding hydrogens is 366 g/mol. The lowest BCUT2D eigenvalue weighted by Gasteiger charge is -2.34. The number of anilines is 2. The highest BCUT2D eigenvalue weighted by molar-refractivity contribution is 5.92. The fraction of sp³-hybridized carbons (Fsp3) is 0.286. The molecule has 1 N–H and O–H groups in total. The molecule has 1 saturated heterocycles. The van der Waals surface area contributed by atoms with Crippen molar-refractivity contribution in [1.29, 1.82) is 0 Å². The number of aryl methyl sites for hydroxylation is 1. The molecule has 0 bridgehead atoms. The third-order valence-electron chi connectivity index (χ3n) is 4.84. The number of nitrogens with one attached hydrogen (secondary N) is 1. The maximum atomic E-state index is 12.7. The van der Waals surface area contributed by atoms with Crippen LogP contribution in [0.15, 0.2) is 54.9 Å². The first-order valence-electron chi connectivity index (χ1n) is 9.63. The van der Waals surface area contributed by atoms with E-state index in [0.29, 0.717) is 50.2 Å². The molecule has 1 fully saturated rings. The van der Waals surface area contributed by atoms with Crippen molar-refractivity contribution in [3.63, 3.8) is 0 Å². The van der Waals surface area contributed by atoms with Crippen LogP contribution in [-0.4, -0.2) is 57.2 Å². The van der Waals surface area contributed by atoms with E-state index in [1.165, 1.54) is 11.1 Å². The predicted molar refractivity (Wildman–Crippen MR) is 111 cm³/mol. The molecule has 0 saturated carbocycles. The van der Waals surface area contributed by atoms with Crippen molar-refractivity contribution >= 4 is 17.7 Å². The second-order valence-corrected chi connectivity index (χ2v) is 6.97. The Morgan fingerprint density at radius 1 is 1.00 bits per heavy atom. The largest absolute Gasteiger partial charge is 0.365 e. The average Bonchev–Trinajstić information content (AvgIpc) is 2.78.